The first-order valence-electron chi connectivity index (χ1n) is 6.86. The predicted octanol–water partition coefficient (Wildman–Crippen LogP) is 2.01. The Balaban J connectivity index is 1.57. The van der Waals surface area contributed by atoms with Gasteiger partial charge in [-0.1, -0.05) is 30.3 Å². The Bertz CT molecular complexity index is 573. The second-order valence-corrected chi connectivity index (χ2v) is 5.37. The molecule has 1 aromatic rings. The molecule has 0 radical (unpaired) electrons. The Morgan fingerprint density at radius 2 is 1.95 bits per heavy atom. The molecule has 1 saturated heterocycles. The van der Waals surface area contributed by atoms with E-state index in [1.54, 1.807) is 6.92 Å². The minimum Gasteiger partial charge on any atom is -0.365 e. The lowest BCUT2D eigenvalue weighted by atomic mass is 9.95. The molecule has 4 heteroatoms. The largest absolute Gasteiger partial charge is 0.365 e. The van der Waals surface area contributed by atoms with Crippen molar-refractivity contribution in [3.63, 3.8) is 0 Å². The highest BCUT2D eigenvalue weighted by atomic mass is 16.6. The molecule has 1 aromatic carbocycles. The average Bonchev–Trinajstić information content (AvgIpc) is 3.20. The molecule has 3 rings (SSSR count). The average molecular weight is 271 g/mol. The summed E-state index contributed by atoms with van der Waals surface area (Å²) in [6.07, 6.45) is 2.99. The Hall–Kier alpha value is -1.94. The number of hydrogen-bond donors (Lipinski definition) is 0. The van der Waals surface area contributed by atoms with Crippen molar-refractivity contribution in [2.24, 2.45) is 0 Å². The van der Waals surface area contributed by atoms with Crippen molar-refractivity contribution in [2.75, 3.05) is 13.2 Å². The highest BCUT2D eigenvalue weighted by molar-refractivity contribution is 6.15. The summed E-state index contributed by atoms with van der Waals surface area (Å²) in [7, 11) is 0. The predicted molar refractivity (Wildman–Crippen MR) is 73.8 cm³/mol. The fourth-order valence-corrected chi connectivity index (χ4v) is 2.66. The number of imide groups is 1. The number of benzene rings is 1. The number of hydrogen-bond acceptors (Lipinski definition) is 3. The minimum absolute atomic E-state index is 0.166. The summed E-state index contributed by atoms with van der Waals surface area (Å²) >= 11 is 0. The molecule has 0 spiro atoms. The maximum absolute atomic E-state index is 11.8. The van der Waals surface area contributed by atoms with Crippen LogP contribution >= 0.6 is 0 Å². The first-order chi connectivity index (χ1) is 9.62. The maximum atomic E-state index is 11.8. The molecule has 0 aliphatic carbocycles. The number of nitrogens with zero attached hydrogens (tertiary/aromatic N) is 1. The highest BCUT2D eigenvalue weighted by Gasteiger charge is 2.45. The van der Waals surface area contributed by atoms with E-state index in [4.69, 9.17) is 4.74 Å². The lowest BCUT2D eigenvalue weighted by Gasteiger charge is -2.16. The second kappa shape index (κ2) is 4.87. The molecular formula is C16H17NO3. The van der Waals surface area contributed by atoms with Crippen LogP contribution in [0.15, 0.2) is 42.0 Å². The monoisotopic (exact) mass is 271 g/mol. The van der Waals surface area contributed by atoms with Crippen LogP contribution in [0.5, 0.6) is 0 Å². The van der Waals surface area contributed by atoms with Gasteiger partial charge in [0.05, 0.1) is 6.61 Å². The number of epoxide rings is 1. The lowest BCUT2D eigenvalue weighted by Crippen LogP contribution is -2.32. The van der Waals surface area contributed by atoms with E-state index < -0.39 is 0 Å². The smallest absolute Gasteiger partial charge is 0.256 e. The van der Waals surface area contributed by atoms with Crippen LogP contribution in [0, 0.1) is 0 Å². The van der Waals surface area contributed by atoms with Gasteiger partial charge in [0.15, 0.2) is 0 Å². The molecule has 2 aliphatic heterocycles. The van der Waals surface area contributed by atoms with E-state index >= 15 is 0 Å². The molecule has 0 N–H and O–H groups in total. The van der Waals surface area contributed by atoms with Gasteiger partial charge in [-0.05, 0) is 25.3 Å². The quantitative estimate of drug-likeness (QED) is 0.608. The fraction of sp³-hybridized carbons (Fsp3) is 0.375. The zero-order valence-electron chi connectivity index (χ0n) is 11.5. The maximum Gasteiger partial charge on any atom is 0.256 e. The first kappa shape index (κ1) is 13.1. The molecule has 1 fully saturated rings. The molecular weight excluding hydrogens is 254 g/mol. The first-order valence-corrected chi connectivity index (χ1v) is 6.86. The fourth-order valence-electron chi connectivity index (χ4n) is 2.66. The van der Waals surface area contributed by atoms with Crippen molar-refractivity contribution >= 4 is 11.8 Å². The summed E-state index contributed by atoms with van der Waals surface area (Å²) < 4.78 is 5.62. The molecule has 20 heavy (non-hydrogen) atoms. The Labute approximate surface area is 118 Å². The van der Waals surface area contributed by atoms with Crippen molar-refractivity contribution in [1.29, 1.82) is 0 Å². The third-order valence-corrected chi connectivity index (χ3v) is 3.94. The highest BCUT2D eigenvalue weighted by Crippen LogP contribution is 2.42. The van der Waals surface area contributed by atoms with Crippen LogP contribution in [0.3, 0.4) is 0 Å². The zero-order valence-corrected chi connectivity index (χ0v) is 11.5. The van der Waals surface area contributed by atoms with Gasteiger partial charge in [-0.25, -0.2) is 0 Å². The third kappa shape index (κ3) is 2.27. The lowest BCUT2D eigenvalue weighted by molar-refractivity contribution is -0.137. The topological polar surface area (TPSA) is 49.9 Å². The van der Waals surface area contributed by atoms with Gasteiger partial charge in [-0.2, -0.15) is 0 Å². The van der Waals surface area contributed by atoms with E-state index in [9.17, 15) is 9.59 Å². The number of carbonyl (C=O) groups is 2. The van der Waals surface area contributed by atoms with Crippen LogP contribution < -0.4 is 0 Å². The molecule has 0 bridgehead atoms. The summed E-state index contributed by atoms with van der Waals surface area (Å²) in [5, 5.41) is 0. The standard InChI is InChI=1S/C16H17NO3/c1-12-10-14(18)17(15(12)19)9-5-8-16(11-20-16)13-6-3-2-4-7-13/h2-4,6-7,10H,5,8-9,11H2,1H3. The Morgan fingerprint density at radius 3 is 2.50 bits per heavy atom. The van der Waals surface area contributed by atoms with Gasteiger partial charge in [0.2, 0.25) is 0 Å². The molecule has 0 aromatic heterocycles. The van der Waals surface area contributed by atoms with Crippen LogP contribution in [0.2, 0.25) is 0 Å². The summed E-state index contributed by atoms with van der Waals surface area (Å²) in [4.78, 5) is 24.7. The molecule has 2 heterocycles. The van der Waals surface area contributed by atoms with Crippen molar-refractivity contribution < 1.29 is 14.3 Å². The van der Waals surface area contributed by atoms with Gasteiger partial charge in [0.25, 0.3) is 11.8 Å². The van der Waals surface area contributed by atoms with Gasteiger partial charge in [-0.3, -0.25) is 14.5 Å². The van der Waals surface area contributed by atoms with E-state index in [0.29, 0.717) is 12.1 Å². The molecule has 1 atom stereocenters. The van der Waals surface area contributed by atoms with Crippen LogP contribution in [-0.2, 0) is 19.9 Å². The number of carbonyl (C=O) groups excluding carboxylic acids is 2. The molecule has 104 valence electrons. The van der Waals surface area contributed by atoms with E-state index in [1.807, 2.05) is 18.2 Å². The van der Waals surface area contributed by atoms with Crippen molar-refractivity contribution in [3.05, 3.63) is 47.5 Å². The van der Waals surface area contributed by atoms with Gasteiger partial charge in [0.1, 0.15) is 5.60 Å². The summed E-state index contributed by atoms with van der Waals surface area (Å²) in [6, 6.07) is 10.1. The normalized spacial score (nSPS) is 25.1. The van der Waals surface area contributed by atoms with Crippen LogP contribution in [-0.4, -0.2) is 29.9 Å². The van der Waals surface area contributed by atoms with E-state index in [1.165, 1.54) is 16.5 Å². The summed E-state index contributed by atoms with van der Waals surface area (Å²) in [6.45, 7) is 2.86. The van der Waals surface area contributed by atoms with Crippen LogP contribution in [0.25, 0.3) is 0 Å². The Morgan fingerprint density at radius 1 is 1.25 bits per heavy atom. The van der Waals surface area contributed by atoms with E-state index in [0.717, 1.165) is 19.4 Å². The van der Waals surface area contributed by atoms with Crippen molar-refractivity contribution in [2.45, 2.75) is 25.4 Å². The number of rotatable bonds is 5. The van der Waals surface area contributed by atoms with Crippen molar-refractivity contribution in [1.82, 2.24) is 4.90 Å². The Kier molecular flexibility index (Phi) is 3.18. The van der Waals surface area contributed by atoms with Crippen molar-refractivity contribution in [3.8, 4) is 0 Å². The number of ether oxygens (including phenoxy) is 1. The molecule has 2 aliphatic rings. The van der Waals surface area contributed by atoms with Gasteiger partial charge >= 0.3 is 0 Å². The van der Waals surface area contributed by atoms with Gasteiger partial charge < -0.3 is 4.74 Å². The van der Waals surface area contributed by atoms with Crippen LogP contribution in [0.4, 0.5) is 0 Å². The van der Waals surface area contributed by atoms with E-state index in [2.05, 4.69) is 12.1 Å². The molecule has 2 amide bonds. The summed E-state index contributed by atoms with van der Waals surface area (Å²) in [5.41, 5.74) is 1.50. The molecule has 1 unspecified atom stereocenters. The SMILES string of the molecule is CC1=CC(=O)N(CCCC2(c3ccccc3)CO2)C1=O. The minimum atomic E-state index is -0.199. The molecule has 0 saturated carbocycles. The zero-order chi connectivity index (χ0) is 14.2. The molecule has 4 nitrogen and oxygen atoms in total. The van der Waals surface area contributed by atoms with E-state index in [-0.39, 0.29) is 17.4 Å². The van der Waals surface area contributed by atoms with Crippen LogP contribution in [0.1, 0.15) is 25.3 Å². The van der Waals surface area contributed by atoms with Gasteiger partial charge in [0, 0.05) is 18.2 Å². The summed E-state index contributed by atoms with van der Waals surface area (Å²) in [5.74, 6) is -0.363. The second-order valence-electron chi connectivity index (χ2n) is 5.37. The van der Waals surface area contributed by atoms with Gasteiger partial charge in [-0.15, -0.1) is 0 Å². The third-order valence-electron chi connectivity index (χ3n) is 3.94. The number of amides is 2.